The Labute approximate surface area is 250 Å². The van der Waals surface area contributed by atoms with E-state index in [1.54, 1.807) is 24.3 Å². The molecule has 0 amide bonds. The quantitative estimate of drug-likeness (QED) is 0.216. The van der Waals surface area contributed by atoms with E-state index in [2.05, 4.69) is 14.5 Å². The van der Waals surface area contributed by atoms with Crippen molar-refractivity contribution in [2.45, 2.75) is 6.92 Å². The van der Waals surface area contributed by atoms with E-state index in [0.29, 0.717) is 0 Å². The Balaban J connectivity index is 1.59. The van der Waals surface area contributed by atoms with Crippen LogP contribution in [0.15, 0.2) is 82.5 Å². The van der Waals surface area contributed by atoms with Crippen molar-refractivity contribution in [3.05, 3.63) is 122 Å². The number of aromatic nitrogens is 3. The Morgan fingerprint density at radius 2 is 1.53 bits per heavy atom. The number of carbonyl (C=O) groups is 5. The number of hydrogen-bond donors (Lipinski definition) is 0. The molecule has 0 bridgehead atoms. The first-order valence-electron chi connectivity index (χ1n) is 12.4. The van der Waals surface area contributed by atoms with Crippen molar-refractivity contribution < 1.29 is 47.3 Å². The van der Waals surface area contributed by atoms with Crippen LogP contribution in [0.1, 0.15) is 43.6 Å². The highest BCUT2D eigenvalue weighted by Gasteiger charge is 2.24. The van der Waals surface area contributed by atoms with Gasteiger partial charge in [0.2, 0.25) is 24.4 Å². The van der Waals surface area contributed by atoms with Crippen LogP contribution in [-0.2, 0) is 14.3 Å². The molecule has 4 aromatic rings. The predicted octanol–water partition coefficient (Wildman–Crippen LogP) is 2.05. The summed E-state index contributed by atoms with van der Waals surface area (Å²) < 4.78 is 33.4. The third-order valence-corrected chi connectivity index (χ3v) is 5.59. The summed E-state index contributed by atoms with van der Waals surface area (Å²) >= 11 is 0. The summed E-state index contributed by atoms with van der Waals surface area (Å²) in [4.78, 5) is 90.5. The predicted molar refractivity (Wildman–Crippen MR) is 145 cm³/mol. The highest BCUT2D eigenvalue weighted by Crippen LogP contribution is 2.22. The molecule has 0 fully saturated rings. The molecular weight excluding hydrogens is 599 g/mol. The van der Waals surface area contributed by atoms with Gasteiger partial charge in [-0.05, 0) is 36.4 Å². The first-order chi connectivity index (χ1) is 21.5. The maximum absolute atomic E-state index is 14.4. The van der Waals surface area contributed by atoms with Crippen LogP contribution >= 0.6 is 0 Å². The van der Waals surface area contributed by atoms with Gasteiger partial charge in [-0.1, -0.05) is 24.3 Å². The maximum atomic E-state index is 14.4. The Bertz CT molecular complexity index is 2010. The minimum absolute atomic E-state index is 0.0388. The number of esters is 3. The Hall–Kier alpha value is -6.76. The Morgan fingerprint density at radius 1 is 0.867 bits per heavy atom. The normalized spacial score (nSPS) is 10.2. The van der Waals surface area contributed by atoms with Gasteiger partial charge < -0.3 is 18.9 Å². The van der Waals surface area contributed by atoms with Crippen LogP contribution in [0.4, 0.5) is 9.18 Å². The van der Waals surface area contributed by atoms with Crippen molar-refractivity contribution in [1.82, 2.24) is 14.1 Å². The lowest BCUT2D eigenvalue weighted by Gasteiger charge is -2.10. The molecule has 0 saturated heterocycles. The molecule has 45 heavy (non-hydrogen) atoms. The van der Waals surface area contributed by atoms with E-state index in [-0.39, 0.29) is 37.9 Å². The molecule has 2 aromatic heterocycles. The van der Waals surface area contributed by atoms with Gasteiger partial charge in [0.1, 0.15) is 11.6 Å². The third-order valence-electron chi connectivity index (χ3n) is 5.59. The van der Waals surface area contributed by atoms with Gasteiger partial charge in [0, 0.05) is 18.6 Å². The number of carbonyl (C=O) groups excluding carboxylic acids is 5. The molecule has 16 heteroatoms. The highest BCUT2D eigenvalue weighted by molar-refractivity contribution is 5.99. The number of nitriles is 1. The molecular formula is C29H17FN4O11. The summed E-state index contributed by atoms with van der Waals surface area (Å²) in [5.74, 6) is -6.76. The zero-order valence-corrected chi connectivity index (χ0v) is 22.8. The maximum Gasteiger partial charge on any atom is 0.425 e. The van der Waals surface area contributed by atoms with Gasteiger partial charge in [0.25, 0.3) is 11.5 Å². The van der Waals surface area contributed by atoms with Crippen molar-refractivity contribution in [2.75, 3.05) is 6.79 Å². The lowest BCUT2D eigenvalue weighted by molar-refractivity contribution is -0.149. The van der Waals surface area contributed by atoms with Crippen LogP contribution < -0.4 is 20.7 Å². The first kappa shape index (κ1) is 31.2. The van der Waals surface area contributed by atoms with E-state index in [9.17, 15) is 43.2 Å². The summed E-state index contributed by atoms with van der Waals surface area (Å²) in [5.41, 5.74) is -4.20. The summed E-state index contributed by atoms with van der Waals surface area (Å²) in [5, 5.41) is 9.42. The lowest BCUT2D eigenvalue weighted by Crippen LogP contribution is -2.47. The smallest absolute Gasteiger partial charge is 0.425 e. The molecule has 0 saturated carbocycles. The van der Waals surface area contributed by atoms with Gasteiger partial charge >= 0.3 is 29.7 Å². The fourth-order valence-electron chi connectivity index (χ4n) is 3.49. The molecule has 0 radical (unpaired) electrons. The second-order valence-corrected chi connectivity index (χ2v) is 8.58. The average Bonchev–Trinajstić information content (AvgIpc) is 3.03. The zero-order valence-electron chi connectivity index (χ0n) is 22.8. The highest BCUT2D eigenvalue weighted by atomic mass is 19.1. The van der Waals surface area contributed by atoms with Crippen molar-refractivity contribution >= 4 is 29.9 Å². The van der Waals surface area contributed by atoms with Gasteiger partial charge in [0.05, 0.1) is 17.3 Å². The van der Waals surface area contributed by atoms with Gasteiger partial charge in [-0.3, -0.25) is 14.4 Å². The lowest BCUT2D eigenvalue weighted by atomic mass is 10.1. The van der Waals surface area contributed by atoms with E-state index in [1.165, 1.54) is 30.3 Å². The van der Waals surface area contributed by atoms with Crippen LogP contribution in [-0.4, -0.2) is 50.8 Å². The van der Waals surface area contributed by atoms with Gasteiger partial charge in [-0.25, -0.2) is 19.2 Å². The average molecular weight is 616 g/mol. The molecule has 0 N–H and O–H groups in total. The SMILES string of the molecule is CC(=O)OCOC(=O)n1cc(F)c(=O)n(C(=O)c2cccc(C(=O)Oc3nc(OC(=O)c4ccccc4)ccc3C#N)c2)c1=O. The van der Waals surface area contributed by atoms with Crippen LogP contribution in [0.25, 0.3) is 0 Å². The summed E-state index contributed by atoms with van der Waals surface area (Å²) in [6, 6.07) is 16.3. The Kier molecular flexibility index (Phi) is 9.34. The molecule has 0 aliphatic heterocycles. The minimum Gasteiger partial charge on any atom is -0.428 e. The number of halogens is 1. The van der Waals surface area contributed by atoms with Crippen molar-refractivity contribution in [3.8, 4) is 17.8 Å². The van der Waals surface area contributed by atoms with Crippen molar-refractivity contribution in [3.63, 3.8) is 0 Å². The van der Waals surface area contributed by atoms with E-state index in [0.717, 1.165) is 25.1 Å². The second kappa shape index (κ2) is 13.5. The largest absolute Gasteiger partial charge is 0.428 e. The topological polar surface area (TPSA) is 203 Å². The molecule has 0 aliphatic carbocycles. The standard InChI is InChI=1S/C29H17FN4O11/c1-16(35)42-15-43-29(41)33-14-21(30)25(37)34(28(33)40)24(36)18-8-5-9-19(12-18)27(39)45-23-20(13-31)10-11-22(32-23)44-26(38)17-6-3-2-4-7-17/h2-12,14H,15H2,1H3. The van der Waals surface area contributed by atoms with Crippen molar-refractivity contribution in [2.24, 2.45) is 0 Å². The molecule has 0 atom stereocenters. The van der Waals surface area contributed by atoms with Gasteiger partial charge in [0.15, 0.2) is 0 Å². The molecule has 0 spiro atoms. The summed E-state index contributed by atoms with van der Waals surface area (Å²) in [6.45, 7) is 0.0580. The number of benzene rings is 2. The molecule has 4 rings (SSSR count). The van der Waals surface area contributed by atoms with E-state index in [4.69, 9.17) is 9.47 Å². The molecule has 0 unspecified atom stereocenters. The van der Waals surface area contributed by atoms with Gasteiger partial charge in [-0.2, -0.15) is 23.8 Å². The molecule has 15 nitrogen and oxygen atoms in total. The molecule has 2 aromatic carbocycles. The van der Waals surface area contributed by atoms with Gasteiger partial charge in [-0.15, -0.1) is 0 Å². The molecule has 0 aliphatic rings. The Morgan fingerprint density at radius 3 is 2.22 bits per heavy atom. The van der Waals surface area contributed by atoms with Crippen LogP contribution in [0, 0.1) is 17.1 Å². The number of hydrogen-bond acceptors (Lipinski definition) is 13. The van der Waals surface area contributed by atoms with Crippen LogP contribution in [0.3, 0.4) is 0 Å². The van der Waals surface area contributed by atoms with E-state index < -0.39 is 65.2 Å². The number of pyridine rings is 1. The third kappa shape index (κ3) is 7.18. The van der Waals surface area contributed by atoms with Crippen LogP contribution in [0.2, 0.25) is 0 Å². The van der Waals surface area contributed by atoms with Crippen LogP contribution in [0.5, 0.6) is 11.8 Å². The molecule has 226 valence electrons. The van der Waals surface area contributed by atoms with E-state index >= 15 is 0 Å². The zero-order chi connectivity index (χ0) is 32.7. The number of ether oxygens (including phenoxy) is 4. The number of rotatable bonds is 7. The van der Waals surface area contributed by atoms with Crippen molar-refractivity contribution in [1.29, 1.82) is 5.26 Å². The minimum atomic E-state index is -1.72. The fraction of sp³-hybridized carbons (Fsp3) is 0.0690. The van der Waals surface area contributed by atoms with E-state index in [1.807, 2.05) is 0 Å². The molecule has 2 heterocycles. The first-order valence-corrected chi connectivity index (χ1v) is 12.4. The fourth-order valence-corrected chi connectivity index (χ4v) is 3.49. The monoisotopic (exact) mass is 616 g/mol. The summed E-state index contributed by atoms with van der Waals surface area (Å²) in [6.07, 6.45) is -1.39. The summed E-state index contributed by atoms with van der Waals surface area (Å²) in [7, 11) is 0. The number of nitrogens with zero attached hydrogens (tertiary/aromatic N) is 4. The second-order valence-electron chi connectivity index (χ2n) is 8.58.